The molecular weight excluding hydrogens is 427 g/mol. The van der Waals surface area contributed by atoms with Gasteiger partial charge in [0.15, 0.2) is 5.65 Å². The normalized spacial score (nSPS) is 11.5. The minimum absolute atomic E-state index is 0.328. The molecule has 4 rings (SSSR count). The Morgan fingerprint density at radius 2 is 1.84 bits per heavy atom. The van der Waals surface area contributed by atoms with Gasteiger partial charge in [-0.3, -0.25) is 0 Å². The number of rotatable bonds is 6. The average Bonchev–Trinajstić information content (AvgIpc) is 3.15. The lowest BCUT2D eigenvalue weighted by Gasteiger charge is -2.22. The first kappa shape index (κ1) is 22.0. The number of nitrogens with zero attached hydrogens (tertiary/aromatic N) is 5. The van der Waals surface area contributed by atoms with Gasteiger partial charge in [-0.05, 0) is 56.9 Å². The number of aryl methyl sites for hydroxylation is 1. The molecule has 32 heavy (non-hydrogen) atoms. The number of nitrogens with two attached hydrogens (primary N) is 1. The number of benzene rings is 2. The van der Waals surface area contributed by atoms with Gasteiger partial charge in [-0.2, -0.15) is 9.61 Å². The predicted molar refractivity (Wildman–Crippen MR) is 130 cm³/mol. The topological polar surface area (TPSA) is 62.7 Å². The molecule has 0 amide bonds. The van der Waals surface area contributed by atoms with Gasteiger partial charge in [-0.15, -0.1) is 0 Å². The van der Waals surface area contributed by atoms with Crippen molar-refractivity contribution < 1.29 is 4.39 Å². The molecule has 8 heteroatoms. The number of halogens is 2. The van der Waals surface area contributed by atoms with Crippen LogP contribution >= 0.6 is 11.6 Å². The van der Waals surface area contributed by atoms with E-state index in [4.69, 9.17) is 22.3 Å². The number of anilines is 2. The van der Waals surface area contributed by atoms with Crippen LogP contribution in [0.15, 0.2) is 48.7 Å². The fourth-order valence-electron chi connectivity index (χ4n) is 3.76. The Kier molecular flexibility index (Phi) is 6.04. The predicted octanol–water partition coefficient (Wildman–Crippen LogP) is 4.74. The lowest BCUT2D eigenvalue weighted by molar-refractivity contribution is 0.416. The molecule has 4 aromatic rings. The van der Waals surface area contributed by atoms with E-state index >= 15 is 4.39 Å². The number of aromatic nitrogens is 3. The van der Waals surface area contributed by atoms with Crippen LogP contribution in [0, 0.1) is 12.7 Å². The summed E-state index contributed by atoms with van der Waals surface area (Å²) in [6, 6.07) is 12.7. The highest BCUT2D eigenvalue weighted by Crippen LogP contribution is 2.34. The number of nitrogen functional groups attached to an aromatic ring is 1. The van der Waals surface area contributed by atoms with Crippen LogP contribution in [0.1, 0.15) is 5.69 Å². The summed E-state index contributed by atoms with van der Waals surface area (Å²) < 4.78 is 16.7. The van der Waals surface area contributed by atoms with Gasteiger partial charge in [0, 0.05) is 47.5 Å². The van der Waals surface area contributed by atoms with E-state index in [1.165, 1.54) is 0 Å². The van der Waals surface area contributed by atoms with Gasteiger partial charge in [-0.25, -0.2) is 9.37 Å². The maximum Gasteiger partial charge on any atom is 0.165 e. The molecule has 6 nitrogen and oxygen atoms in total. The molecule has 0 spiro atoms. The Hall–Kier alpha value is -3.16. The minimum Gasteiger partial charge on any atom is -0.383 e. The smallest absolute Gasteiger partial charge is 0.165 e. The molecule has 0 saturated carbocycles. The zero-order chi connectivity index (χ0) is 23.0. The molecule has 166 valence electrons. The van der Waals surface area contributed by atoms with Crippen molar-refractivity contribution in [2.45, 2.75) is 6.92 Å². The molecule has 0 radical (unpaired) electrons. The second kappa shape index (κ2) is 8.76. The van der Waals surface area contributed by atoms with E-state index in [2.05, 4.69) is 10.00 Å². The van der Waals surface area contributed by atoms with E-state index in [0.717, 1.165) is 35.6 Å². The summed E-state index contributed by atoms with van der Waals surface area (Å²) in [5.41, 5.74) is 11.2. The first-order valence-corrected chi connectivity index (χ1v) is 10.7. The van der Waals surface area contributed by atoms with E-state index < -0.39 is 0 Å². The average molecular weight is 453 g/mol. The molecule has 2 aromatic carbocycles. The SMILES string of the molecule is Cc1nc2c(-c3ccc(N(C)CCN(C)C)cc3F)cnn2c(N)c1-c1cccc(Cl)c1. The highest BCUT2D eigenvalue weighted by molar-refractivity contribution is 6.30. The highest BCUT2D eigenvalue weighted by atomic mass is 35.5. The van der Waals surface area contributed by atoms with Gasteiger partial charge in [0.1, 0.15) is 11.6 Å². The van der Waals surface area contributed by atoms with Gasteiger partial charge < -0.3 is 15.5 Å². The maximum atomic E-state index is 15.1. The summed E-state index contributed by atoms with van der Waals surface area (Å²) in [7, 11) is 5.98. The zero-order valence-corrected chi connectivity index (χ0v) is 19.4. The summed E-state index contributed by atoms with van der Waals surface area (Å²) in [5, 5.41) is 5.02. The maximum absolute atomic E-state index is 15.1. The van der Waals surface area contributed by atoms with Crippen LogP contribution in [-0.4, -0.2) is 53.7 Å². The van der Waals surface area contributed by atoms with Crippen LogP contribution in [0.3, 0.4) is 0 Å². The molecule has 0 aliphatic heterocycles. The molecule has 2 N–H and O–H groups in total. The minimum atomic E-state index is -0.328. The molecule has 0 unspecified atom stereocenters. The first-order chi connectivity index (χ1) is 15.3. The molecule has 2 aromatic heterocycles. The lowest BCUT2D eigenvalue weighted by Crippen LogP contribution is -2.28. The van der Waals surface area contributed by atoms with E-state index in [9.17, 15) is 0 Å². The van der Waals surface area contributed by atoms with E-state index in [-0.39, 0.29) is 5.82 Å². The standard InChI is InChI=1S/C24H26ClFN6/c1-15-22(16-6-5-7-17(25)12-16)23(27)32-24(29-15)20(14-28-32)19-9-8-18(13-21(19)26)31(4)11-10-30(2)3/h5-9,12-14H,10-11,27H2,1-4H3. The van der Waals surface area contributed by atoms with E-state index in [1.54, 1.807) is 28.9 Å². The molecule has 0 atom stereocenters. The third kappa shape index (κ3) is 4.13. The second-order valence-corrected chi connectivity index (χ2v) is 8.59. The summed E-state index contributed by atoms with van der Waals surface area (Å²) >= 11 is 6.16. The summed E-state index contributed by atoms with van der Waals surface area (Å²) in [5.74, 6) is 0.104. The first-order valence-electron chi connectivity index (χ1n) is 10.3. The fraction of sp³-hybridized carbons (Fsp3) is 0.250. The van der Waals surface area contributed by atoms with Crippen molar-refractivity contribution in [2.75, 3.05) is 44.9 Å². The molecular formula is C24H26ClFN6. The van der Waals surface area contributed by atoms with Gasteiger partial charge in [0.25, 0.3) is 0 Å². The number of likely N-dealkylation sites (N-methyl/N-ethyl adjacent to an activating group) is 2. The van der Waals surface area contributed by atoms with Crippen LogP contribution in [0.2, 0.25) is 5.02 Å². The Morgan fingerprint density at radius 3 is 2.53 bits per heavy atom. The van der Waals surface area contributed by atoms with Gasteiger partial charge in [0.2, 0.25) is 0 Å². The second-order valence-electron chi connectivity index (χ2n) is 8.15. The van der Waals surface area contributed by atoms with Crippen molar-refractivity contribution in [3.63, 3.8) is 0 Å². The Bertz CT molecular complexity index is 1280. The molecule has 0 aliphatic carbocycles. The number of hydrogen-bond donors (Lipinski definition) is 1. The van der Waals surface area contributed by atoms with Crippen molar-refractivity contribution in [3.8, 4) is 22.3 Å². The van der Waals surface area contributed by atoms with Gasteiger partial charge >= 0.3 is 0 Å². The summed E-state index contributed by atoms with van der Waals surface area (Å²) in [6.07, 6.45) is 1.60. The van der Waals surface area contributed by atoms with Crippen molar-refractivity contribution in [3.05, 3.63) is 65.2 Å². The van der Waals surface area contributed by atoms with Gasteiger partial charge in [-0.1, -0.05) is 23.7 Å². The monoisotopic (exact) mass is 452 g/mol. The fourth-order valence-corrected chi connectivity index (χ4v) is 3.95. The zero-order valence-electron chi connectivity index (χ0n) is 18.6. The molecule has 0 bridgehead atoms. The largest absolute Gasteiger partial charge is 0.383 e. The van der Waals surface area contributed by atoms with E-state index in [1.807, 2.05) is 57.2 Å². The van der Waals surface area contributed by atoms with Crippen LogP contribution in [-0.2, 0) is 0 Å². The Balaban J connectivity index is 1.75. The van der Waals surface area contributed by atoms with Crippen LogP contribution in [0.4, 0.5) is 15.9 Å². The van der Waals surface area contributed by atoms with Gasteiger partial charge in [0.05, 0.1) is 11.9 Å². The third-order valence-corrected chi connectivity index (χ3v) is 5.78. The molecule has 2 heterocycles. The number of hydrogen-bond acceptors (Lipinski definition) is 5. The Labute approximate surface area is 192 Å². The summed E-state index contributed by atoms with van der Waals surface area (Å²) in [6.45, 7) is 3.56. The lowest BCUT2D eigenvalue weighted by atomic mass is 10.0. The highest BCUT2D eigenvalue weighted by Gasteiger charge is 2.19. The summed E-state index contributed by atoms with van der Waals surface area (Å²) in [4.78, 5) is 8.84. The number of fused-ring (bicyclic) bond motifs is 1. The van der Waals surface area contributed by atoms with Crippen LogP contribution in [0.5, 0.6) is 0 Å². The Morgan fingerprint density at radius 1 is 1.06 bits per heavy atom. The van der Waals surface area contributed by atoms with Crippen molar-refractivity contribution >= 4 is 28.8 Å². The van der Waals surface area contributed by atoms with Crippen LogP contribution < -0.4 is 10.6 Å². The quantitative estimate of drug-likeness (QED) is 0.457. The molecule has 0 saturated heterocycles. The molecule has 0 aliphatic rings. The van der Waals surface area contributed by atoms with Crippen molar-refractivity contribution in [1.82, 2.24) is 19.5 Å². The third-order valence-electron chi connectivity index (χ3n) is 5.54. The van der Waals surface area contributed by atoms with E-state index in [0.29, 0.717) is 27.6 Å². The molecule has 0 fully saturated rings. The van der Waals surface area contributed by atoms with Crippen LogP contribution in [0.25, 0.3) is 27.9 Å². The van der Waals surface area contributed by atoms with Crippen molar-refractivity contribution in [1.29, 1.82) is 0 Å². The van der Waals surface area contributed by atoms with Crippen molar-refractivity contribution in [2.24, 2.45) is 0 Å².